The minimum absolute atomic E-state index is 0.305. The summed E-state index contributed by atoms with van der Waals surface area (Å²) in [6, 6.07) is 4.02. The zero-order valence-corrected chi connectivity index (χ0v) is 12.6. The van der Waals surface area contributed by atoms with Crippen LogP contribution in [0.1, 0.15) is 37.7 Å². The van der Waals surface area contributed by atoms with Crippen LogP contribution in [0.25, 0.3) is 0 Å². The van der Waals surface area contributed by atoms with Crippen LogP contribution in [0.15, 0.2) is 24.5 Å². The lowest BCUT2D eigenvalue weighted by molar-refractivity contribution is -0.122. The number of nitrogens with one attached hydrogen (secondary N) is 2. The molecule has 2 N–H and O–H groups in total. The van der Waals surface area contributed by atoms with Gasteiger partial charge in [0.05, 0.1) is 0 Å². The minimum atomic E-state index is 0.305. The van der Waals surface area contributed by atoms with Crippen molar-refractivity contribution in [3.63, 3.8) is 0 Å². The standard InChI is InChI=1S/C17H25N3O/c21-17(16-14-6-1-2-7-15(14)16)20-10-4-9-19-12-13-5-3-8-18-11-13/h3,5,8,11,14-16,19H,1-2,4,6-7,9-10,12H2,(H,20,21). The lowest BCUT2D eigenvalue weighted by Crippen LogP contribution is -2.29. The molecular formula is C17H25N3O. The number of carbonyl (C=O) groups excluding carboxylic acids is 1. The predicted octanol–water partition coefficient (Wildman–Crippen LogP) is 2.11. The van der Waals surface area contributed by atoms with E-state index in [2.05, 4.69) is 21.7 Å². The highest BCUT2D eigenvalue weighted by atomic mass is 16.2. The summed E-state index contributed by atoms with van der Waals surface area (Å²) in [6.45, 7) is 2.55. The highest BCUT2D eigenvalue weighted by Crippen LogP contribution is 2.55. The van der Waals surface area contributed by atoms with Gasteiger partial charge in [-0.25, -0.2) is 0 Å². The van der Waals surface area contributed by atoms with Gasteiger partial charge < -0.3 is 10.6 Å². The van der Waals surface area contributed by atoms with E-state index in [4.69, 9.17) is 0 Å². The van der Waals surface area contributed by atoms with Crippen molar-refractivity contribution in [1.29, 1.82) is 0 Å². The Labute approximate surface area is 126 Å². The first kappa shape index (κ1) is 14.5. The van der Waals surface area contributed by atoms with Crippen LogP contribution in [-0.2, 0) is 11.3 Å². The van der Waals surface area contributed by atoms with Gasteiger partial charge in [0.15, 0.2) is 0 Å². The topological polar surface area (TPSA) is 54.0 Å². The van der Waals surface area contributed by atoms with Gasteiger partial charge in [-0.05, 0) is 49.3 Å². The molecule has 4 nitrogen and oxygen atoms in total. The van der Waals surface area contributed by atoms with Crippen molar-refractivity contribution in [1.82, 2.24) is 15.6 Å². The highest BCUT2D eigenvalue weighted by molar-refractivity contribution is 5.82. The van der Waals surface area contributed by atoms with Crippen molar-refractivity contribution in [3.8, 4) is 0 Å². The van der Waals surface area contributed by atoms with Crippen LogP contribution in [0.5, 0.6) is 0 Å². The van der Waals surface area contributed by atoms with E-state index in [1.807, 2.05) is 12.3 Å². The fourth-order valence-corrected chi connectivity index (χ4v) is 3.66. The van der Waals surface area contributed by atoms with E-state index in [9.17, 15) is 4.79 Å². The quantitative estimate of drug-likeness (QED) is 0.755. The maximum atomic E-state index is 12.1. The average Bonchev–Trinajstić information content (AvgIpc) is 3.26. The van der Waals surface area contributed by atoms with E-state index in [1.165, 1.54) is 31.2 Å². The zero-order chi connectivity index (χ0) is 14.5. The molecule has 2 saturated carbocycles. The molecule has 1 aromatic rings. The van der Waals surface area contributed by atoms with Crippen molar-refractivity contribution in [3.05, 3.63) is 30.1 Å². The number of carbonyl (C=O) groups is 1. The Kier molecular flexibility index (Phi) is 4.86. The number of fused-ring (bicyclic) bond motifs is 1. The summed E-state index contributed by atoms with van der Waals surface area (Å²) in [5, 5.41) is 6.49. The third-order valence-corrected chi connectivity index (χ3v) is 4.84. The van der Waals surface area contributed by atoms with Gasteiger partial charge in [-0.3, -0.25) is 9.78 Å². The van der Waals surface area contributed by atoms with E-state index in [0.29, 0.717) is 23.7 Å². The maximum Gasteiger partial charge on any atom is 0.223 e. The molecule has 2 unspecified atom stereocenters. The third kappa shape index (κ3) is 3.82. The Morgan fingerprint density at radius 3 is 2.76 bits per heavy atom. The van der Waals surface area contributed by atoms with Crippen LogP contribution in [0.3, 0.4) is 0 Å². The molecule has 2 aliphatic rings. The van der Waals surface area contributed by atoms with Gasteiger partial charge in [0.2, 0.25) is 5.91 Å². The summed E-state index contributed by atoms with van der Waals surface area (Å²) in [4.78, 5) is 16.2. The molecule has 0 spiro atoms. The number of hydrogen-bond acceptors (Lipinski definition) is 3. The summed E-state index contributed by atoms with van der Waals surface area (Å²) < 4.78 is 0. The molecule has 0 aliphatic heterocycles. The summed E-state index contributed by atoms with van der Waals surface area (Å²) in [7, 11) is 0. The Morgan fingerprint density at radius 1 is 1.24 bits per heavy atom. The van der Waals surface area contributed by atoms with Gasteiger partial charge in [0, 0.05) is 31.4 Å². The van der Waals surface area contributed by atoms with Gasteiger partial charge >= 0.3 is 0 Å². The Hall–Kier alpha value is -1.42. The number of amides is 1. The van der Waals surface area contributed by atoms with E-state index in [0.717, 1.165) is 26.1 Å². The summed E-state index contributed by atoms with van der Waals surface area (Å²) in [6.07, 6.45) is 9.84. The van der Waals surface area contributed by atoms with Crippen LogP contribution in [0.2, 0.25) is 0 Å². The molecule has 1 aromatic heterocycles. The normalized spacial score (nSPS) is 27.0. The lowest BCUT2D eigenvalue weighted by atomic mass is 10.0. The largest absolute Gasteiger partial charge is 0.356 e. The van der Waals surface area contributed by atoms with Gasteiger partial charge in [0.1, 0.15) is 0 Å². The fraction of sp³-hybridized carbons (Fsp3) is 0.647. The predicted molar refractivity (Wildman–Crippen MR) is 82.5 cm³/mol. The van der Waals surface area contributed by atoms with E-state index in [1.54, 1.807) is 6.20 Å². The Morgan fingerprint density at radius 2 is 2.05 bits per heavy atom. The smallest absolute Gasteiger partial charge is 0.223 e. The second-order valence-corrected chi connectivity index (χ2v) is 6.32. The average molecular weight is 287 g/mol. The van der Waals surface area contributed by atoms with Gasteiger partial charge in [-0.1, -0.05) is 18.9 Å². The molecular weight excluding hydrogens is 262 g/mol. The van der Waals surface area contributed by atoms with E-state index in [-0.39, 0.29) is 0 Å². The van der Waals surface area contributed by atoms with Crippen LogP contribution >= 0.6 is 0 Å². The summed E-state index contributed by atoms with van der Waals surface area (Å²) >= 11 is 0. The molecule has 4 heteroatoms. The fourth-order valence-electron chi connectivity index (χ4n) is 3.66. The van der Waals surface area contributed by atoms with Gasteiger partial charge in [-0.15, -0.1) is 0 Å². The molecule has 1 amide bonds. The number of pyridine rings is 1. The molecule has 0 aromatic carbocycles. The first-order valence-electron chi connectivity index (χ1n) is 8.23. The van der Waals surface area contributed by atoms with Crippen molar-refractivity contribution >= 4 is 5.91 Å². The molecule has 0 radical (unpaired) electrons. The van der Waals surface area contributed by atoms with Crippen LogP contribution < -0.4 is 10.6 Å². The molecule has 2 atom stereocenters. The molecule has 2 fully saturated rings. The van der Waals surface area contributed by atoms with Crippen molar-refractivity contribution < 1.29 is 4.79 Å². The molecule has 114 valence electrons. The number of nitrogens with zero attached hydrogens (tertiary/aromatic N) is 1. The first-order chi connectivity index (χ1) is 10.4. The molecule has 21 heavy (non-hydrogen) atoms. The Balaban J connectivity index is 1.25. The van der Waals surface area contributed by atoms with Crippen LogP contribution in [0.4, 0.5) is 0 Å². The lowest BCUT2D eigenvalue weighted by Gasteiger charge is -2.06. The zero-order valence-electron chi connectivity index (χ0n) is 12.6. The van der Waals surface area contributed by atoms with Gasteiger partial charge in [-0.2, -0.15) is 0 Å². The molecule has 2 aliphatic carbocycles. The van der Waals surface area contributed by atoms with Crippen LogP contribution in [-0.4, -0.2) is 24.0 Å². The first-order valence-corrected chi connectivity index (χ1v) is 8.23. The second-order valence-electron chi connectivity index (χ2n) is 6.32. The highest BCUT2D eigenvalue weighted by Gasteiger charge is 2.54. The molecule has 0 saturated heterocycles. The minimum Gasteiger partial charge on any atom is -0.356 e. The van der Waals surface area contributed by atoms with Crippen LogP contribution in [0, 0.1) is 17.8 Å². The second kappa shape index (κ2) is 7.03. The monoisotopic (exact) mass is 287 g/mol. The van der Waals surface area contributed by atoms with Gasteiger partial charge in [0.25, 0.3) is 0 Å². The van der Waals surface area contributed by atoms with Crippen molar-refractivity contribution in [2.45, 2.75) is 38.6 Å². The van der Waals surface area contributed by atoms with Crippen molar-refractivity contribution in [2.24, 2.45) is 17.8 Å². The molecule has 3 rings (SSSR count). The number of rotatable bonds is 7. The summed E-state index contributed by atoms with van der Waals surface area (Å²) in [5.74, 6) is 2.07. The van der Waals surface area contributed by atoms with E-state index < -0.39 is 0 Å². The maximum absolute atomic E-state index is 12.1. The van der Waals surface area contributed by atoms with Crippen molar-refractivity contribution in [2.75, 3.05) is 13.1 Å². The third-order valence-electron chi connectivity index (χ3n) is 4.84. The molecule has 0 bridgehead atoms. The Bertz CT molecular complexity index is 450. The number of hydrogen-bond donors (Lipinski definition) is 2. The summed E-state index contributed by atoms with van der Waals surface area (Å²) in [5.41, 5.74) is 1.20. The molecule has 1 heterocycles. The SMILES string of the molecule is O=C(NCCCNCc1cccnc1)C1C2CCCCC21. The van der Waals surface area contributed by atoms with E-state index >= 15 is 0 Å². The number of aromatic nitrogens is 1.